The molecular formula is C20H20N2O5S. The van der Waals surface area contributed by atoms with Crippen LogP contribution in [0.25, 0.3) is 0 Å². The maximum absolute atomic E-state index is 12.6. The van der Waals surface area contributed by atoms with Crippen LogP contribution in [0, 0.1) is 0 Å². The average molecular weight is 400 g/mol. The van der Waals surface area contributed by atoms with Gasteiger partial charge in [0.2, 0.25) is 10.0 Å². The molecule has 3 rings (SSSR count). The van der Waals surface area contributed by atoms with Gasteiger partial charge in [0.15, 0.2) is 11.5 Å². The molecular weight excluding hydrogens is 380 g/mol. The summed E-state index contributed by atoms with van der Waals surface area (Å²) in [6.07, 6.45) is 0.415. The van der Waals surface area contributed by atoms with Crippen LogP contribution in [0.4, 0.5) is 0 Å². The van der Waals surface area contributed by atoms with Crippen LogP contribution in [-0.2, 0) is 26.0 Å². The van der Waals surface area contributed by atoms with E-state index in [1.54, 1.807) is 36.4 Å². The zero-order valence-corrected chi connectivity index (χ0v) is 16.0. The number of carbonyl (C=O) groups is 2. The van der Waals surface area contributed by atoms with Crippen LogP contribution >= 0.6 is 0 Å². The van der Waals surface area contributed by atoms with Crippen LogP contribution in [0.2, 0.25) is 0 Å². The van der Waals surface area contributed by atoms with Crippen LogP contribution in [0.1, 0.15) is 24.1 Å². The Bertz CT molecular complexity index is 1040. The van der Waals surface area contributed by atoms with Gasteiger partial charge in [-0.25, -0.2) is 13.6 Å². The Labute approximate surface area is 163 Å². The molecule has 2 aromatic rings. The molecule has 0 aliphatic carbocycles. The molecule has 0 saturated heterocycles. The first kappa shape index (κ1) is 19.8. The highest BCUT2D eigenvalue weighted by atomic mass is 32.2. The van der Waals surface area contributed by atoms with Crippen molar-refractivity contribution in [2.75, 3.05) is 6.54 Å². The number of sulfonamides is 1. The van der Waals surface area contributed by atoms with Gasteiger partial charge in [0.1, 0.15) is 0 Å². The van der Waals surface area contributed by atoms with Gasteiger partial charge in [0, 0.05) is 6.54 Å². The minimum atomic E-state index is -3.77. The van der Waals surface area contributed by atoms with E-state index in [0.717, 1.165) is 11.1 Å². The van der Waals surface area contributed by atoms with Crippen molar-refractivity contribution in [2.45, 2.75) is 24.3 Å². The lowest BCUT2D eigenvalue weighted by atomic mass is 9.96. The van der Waals surface area contributed by atoms with E-state index in [1.165, 1.54) is 24.0 Å². The Balaban J connectivity index is 1.86. The summed E-state index contributed by atoms with van der Waals surface area (Å²) < 4.78 is 22.7. The quantitative estimate of drug-likeness (QED) is 0.767. The first-order valence-corrected chi connectivity index (χ1v) is 10.2. The molecule has 1 aliphatic rings. The highest BCUT2D eigenvalue weighted by Gasteiger charge is 2.41. The molecule has 0 fully saturated rings. The number of aliphatic hydroxyl groups excluding tert-OH is 1. The number of benzene rings is 2. The smallest absolute Gasteiger partial charge is 0.290 e. The van der Waals surface area contributed by atoms with Crippen molar-refractivity contribution < 1.29 is 23.1 Å². The van der Waals surface area contributed by atoms with E-state index in [2.05, 4.69) is 0 Å². The maximum Gasteiger partial charge on any atom is 0.290 e. The first-order chi connectivity index (χ1) is 13.2. The van der Waals surface area contributed by atoms with Gasteiger partial charge in [0.25, 0.3) is 5.91 Å². The predicted molar refractivity (Wildman–Crippen MR) is 103 cm³/mol. The summed E-state index contributed by atoms with van der Waals surface area (Å²) in [5.74, 6) is -1.48. The molecule has 0 radical (unpaired) electrons. The van der Waals surface area contributed by atoms with E-state index in [0.29, 0.717) is 6.42 Å². The summed E-state index contributed by atoms with van der Waals surface area (Å²) in [5, 5.41) is 15.3. The van der Waals surface area contributed by atoms with Crippen molar-refractivity contribution in [3.05, 3.63) is 77.1 Å². The van der Waals surface area contributed by atoms with Crippen molar-refractivity contribution in [2.24, 2.45) is 5.14 Å². The lowest BCUT2D eigenvalue weighted by Crippen LogP contribution is -2.32. The monoisotopic (exact) mass is 400 g/mol. The molecule has 1 unspecified atom stereocenters. The zero-order valence-electron chi connectivity index (χ0n) is 15.2. The molecule has 7 nitrogen and oxygen atoms in total. The number of rotatable bonds is 6. The van der Waals surface area contributed by atoms with Gasteiger partial charge >= 0.3 is 0 Å². The maximum atomic E-state index is 12.6. The molecule has 0 bridgehead atoms. The van der Waals surface area contributed by atoms with E-state index in [4.69, 9.17) is 5.14 Å². The number of carbonyl (C=O) groups excluding carboxylic acids is 2. The number of nitrogens with zero attached hydrogens (tertiary/aromatic N) is 1. The summed E-state index contributed by atoms with van der Waals surface area (Å²) in [5.41, 5.74) is 1.61. The van der Waals surface area contributed by atoms with Gasteiger partial charge in [-0.1, -0.05) is 42.5 Å². The van der Waals surface area contributed by atoms with Crippen LogP contribution in [0.5, 0.6) is 0 Å². The minimum absolute atomic E-state index is 0.00818. The third-order valence-corrected chi connectivity index (χ3v) is 5.62. The summed E-state index contributed by atoms with van der Waals surface area (Å²) in [6, 6.07) is 14.4. The largest absolute Gasteiger partial charge is 0.503 e. The molecule has 1 heterocycles. The topological polar surface area (TPSA) is 118 Å². The summed E-state index contributed by atoms with van der Waals surface area (Å²) in [4.78, 5) is 26.1. The average Bonchev–Trinajstić information content (AvgIpc) is 2.91. The highest BCUT2D eigenvalue weighted by Crippen LogP contribution is 2.37. The molecule has 1 aliphatic heterocycles. The second kappa shape index (κ2) is 7.57. The van der Waals surface area contributed by atoms with E-state index in [1.807, 2.05) is 6.07 Å². The lowest BCUT2D eigenvalue weighted by molar-refractivity contribution is -0.129. The Morgan fingerprint density at radius 1 is 1.11 bits per heavy atom. The normalized spacial score (nSPS) is 17.3. The Morgan fingerprint density at radius 2 is 1.71 bits per heavy atom. The number of amides is 1. The SMILES string of the molecule is CC(=O)C1=C(O)C(=O)N(CCc2ccc(S(N)(=O)=O)cc2)C1c1ccccc1. The number of hydrogen-bond acceptors (Lipinski definition) is 5. The number of hydrogen-bond donors (Lipinski definition) is 2. The van der Waals surface area contributed by atoms with Crippen LogP contribution in [-0.4, -0.2) is 36.7 Å². The molecule has 8 heteroatoms. The minimum Gasteiger partial charge on any atom is -0.503 e. The number of aliphatic hydroxyl groups is 1. The fourth-order valence-electron chi connectivity index (χ4n) is 3.32. The Morgan fingerprint density at radius 3 is 2.25 bits per heavy atom. The summed E-state index contributed by atoms with van der Waals surface area (Å²) in [6.45, 7) is 1.57. The van der Waals surface area contributed by atoms with Gasteiger partial charge in [-0.05, 0) is 36.6 Å². The predicted octanol–water partition coefficient (Wildman–Crippen LogP) is 1.86. The number of primary sulfonamides is 1. The van der Waals surface area contributed by atoms with E-state index < -0.39 is 27.7 Å². The molecule has 3 N–H and O–H groups in total. The highest BCUT2D eigenvalue weighted by molar-refractivity contribution is 7.89. The third-order valence-electron chi connectivity index (χ3n) is 4.69. The number of ketones is 1. The molecule has 0 spiro atoms. The molecule has 0 saturated carbocycles. The van der Waals surface area contributed by atoms with Crippen molar-refractivity contribution in [1.82, 2.24) is 4.90 Å². The van der Waals surface area contributed by atoms with Crippen molar-refractivity contribution in [3.63, 3.8) is 0 Å². The van der Waals surface area contributed by atoms with Gasteiger partial charge in [0.05, 0.1) is 16.5 Å². The second-order valence-corrected chi connectivity index (χ2v) is 8.13. The fourth-order valence-corrected chi connectivity index (χ4v) is 3.84. The van der Waals surface area contributed by atoms with Crippen LogP contribution < -0.4 is 5.14 Å². The van der Waals surface area contributed by atoms with Gasteiger partial charge in [-0.2, -0.15) is 0 Å². The molecule has 28 heavy (non-hydrogen) atoms. The van der Waals surface area contributed by atoms with Crippen molar-refractivity contribution in [3.8, 4) is 0 Å². The molecule has 146 valence electrons. The van der Waals surface area contributed by atoms with Crippen LogP contribution in [0.3, 0.4) is 0 Å². The lowest BCUT2D eigenvalue weighted by Gasteiger charge is -2.26. The zero-order chi connectivity index (χ0) is 20.5. The van der Waals surface area contributed by atoms with Crippen LogP contribution in [0.15, 0.2) is 70.8 Å². The van der Waals surface area contributed by atoms with Crippen molar-refractivity contribution >= 4 is 21.7 Å². The molecule has 0 aromatic heterocycles. The molecule has 1 amide bonds. The van der Waals surface area contributed by atoms with Crippen molar-refractivity contribution in [1.29, 1.82) is 0 Å². The summed E-state index contributed by atoms with van der Waals surface area (Å²) >= 11 is 0. The Kier molecular flexibility index (Phi) is 5.35. The first-order valence-electron chi connectivity index (χ1n) is 8.62. The second-order valence-electron chi connectivity index (χ2n) is 6.57. The summed E-state index contributed by atoms with van der Waals surface area (Å²) in [7, 11) is -3.77. The number of Topliss-reactive ketones (excluding diaryl/α,β-unsaturated/α-hetero) is 1. The third kappa shape index (κ3) is 3.83. The molecule has 2 aromatic carbocycles. The van der Waals surface area contributed by atoms with Gasteiger partial charge < -0.3 is 10.0 Å². The van der Waals surface area contributed by atoms with E-state index in [-0.39, 0.29) is 22.8 Å². The van der Waals surface area contributed by atoms with E-state index in [9.17, 15) is 23.1 Å². The van der Waals surface area contributed by atoms with Gasteiger partial charge in [-0.15, -0.1) is 0 Å². The standard InChI is InChI=1S/C20H20N2O5S/c1-13(23)17-18(15-5-3-2-4-6-15)22(20(25)19(17)24)12-11-14-7-9-16(10-8-14)28(21,26)27/h2-10,18,24H,11-12H2,1H3,(H2,21,26,27). The Hall–Kier alpha value is -2.97. The number of nitrogens with two attached hydrogens (primary N) is 1. The van der Waals surface area contributed by atoms with Gasteiger partial charge in [-0.3, -0.25) is 9.59 Å². The fraction of sp³-hybridized carbons (Fsp3) is 0.200. The van der Waals surface area contributed by atoms with E-state index >= 15 is 0 Å². The molecule has 1 atom stereocenters.